The van der Waals surface area contributed by atoms with Gasteiger partial charge in [-0.2, -0.15) is 0 Å². The molecule has 1 aliphatic rings. The molecule has 0 spiro atoms. The Morgan fingerprint density at radius 3 is 2.79 bits per heavy atom. The van der Waals surface area contributed by atoms with E-state index < -0.39 is 32.5 Å². The number of amides is 1. The third-order valence-electron chi connectivity index (χ3n) is 4.06. The molecule has 1 amide bonds. The summed E-state index contributed by atoms with van der Waals surface area (Å²) in [6.45, 7) is 1.49. The van der Waals surface area contributed by atoms with Crippen molar-refractivity contribution in [3.05, 3.63) is 28.1 Å². The first-order valence-corrected chi connectivity index (χ1v) is 9.00. The number of ether oxygens (including phenoxy) is 1. The fourth-order valence-corrected chi connectivity index (χ4v) is 4.29. The molecule has 1 saturated carbocycles. The number of nitrogens with two attached hydrogens (primary N) is 1. The smallest absolute Gasteiger partial charge is 0.255 e. The van der Waals surface area contributed by atoms with Crippen LogP contribution in [0.5, 0.6) is 5.75 Å². The number of hydrogen-bond acceptors (Lipinski definition) is 4. The zero-order chi connectivity index (χ0) is 17.6. The van der Waals surface area contributed by atoms with Gasteiger partial charge in [0.1, 0.15) is 5.75 Å². The number of carbonyl (C=O) groups excluding carboxylic acids is 1. The quantitative estimate of drug-likeness (QED) is 0.750. The summed E-state index contributed by atoms with van der Waals surface area (Å²) in [4.78, 5) is 20.9. The zero-order valence-electron chi connectivity index (χ0n) is 12.6. The van der Waals surface area contributed by atoms with Crippen LogP contribution < -0.4 is 10.5 Å². The lowest BCUT2D eigenvalue weighted by Gasteiger charge is -2.08. The normalized spacial score (nSPS) is 20.6. The Morgan fingerprint density at radius 1 is 1.58 bits per heavy atom. The molecule has 1 heterocycles. The van der Waals surface area contributed by atoms with Gasteiger partial charge in [0.05, 0.1) is 26.0 Å². The number of thiophene rings is 1. The molecule has 3 rings (SSSR count). The van der Waals surface area contributed by atoms with E-state index in [1.165, 1.54) is 12.1 Å². The molecule has 3 unspecified atom stereocenters. The van der Waals surface area contributed by atoms with E-state index in [0.29, 0.717) is 20.5 Å². The van der Waals surface area contributed by atoms with E-state index in [2.05, 4.69) is 0 Å². The number of aryl methyl sites for hydroxylation is 1. The first-order chi connectivity index (χ1) is 11.2. The summed E-state index contributed by atoms with van der Waals surface area (Å²) in [5.41, 5.74) is 6.04. The highest BCUT2D eigenvalue weighted by Crippen LogP contribution is 2.50. The van der Waals surface area contributed by atoms with E-state index in [1.807, 2.05) is 0 Å². The number of halogens is 3. The zero-order valence-corrected chi connectivity index (χ0v) is 14.4. The van der Waals surface area contributed by atoms with Gasteiger partial charge in [-0.15, -0.1) is 11.3 Å². The Kier molecular flexibility index (Phi) is 4.49. The summed E-state index contributed by atoms with van der Waals surface area (Å²) >= 11 is 1.08. The lowest BCUT2D eigenvalue weighted by atomic mass is 10.1. The maximum atomic E-state index is 13.9. The van der Waals surface area contributed by atoms with Crippen molar-refractivity contribution in [3.8, 4) is 5.75 Å². The lowest BCUT2D eigenvalue weighted by molar-refractivity contribution is 0.0856. The summed E-state index contributed by atoms with van der Waals surface area (Å²) in [5, 5.41) is 0.574. The Hall–Kier alpha value is -1.37. The van der Waals surface area contributed by atoms with Crippen molar-refractivity contribution in [2.45, 2.75) is 25.2 Å². The minimum Gasteiger partial charge on any atom is -0.492 e. The van der Waals surface area contributed by atoms with Gasteiger partial charge in [0.25, 0.3) is 5.92 Å². The topological polar surface area (TPSA) is 72.6 Å². The van der Waals surface area contributed by atoms with Gasteiger partial charge >= 0.3 is 0 Å². The molecule has 1 aromatic carbocycles. The van der Waals surface area contributed by atoms with Gasteiger partial charge in [-0.25, -0.2) is 13.2 Å². The third-order valence-corrected chi connectivity index (χ3v) is 6.15. The fourth-order valence-electron chi connectivity index (χ4n) is 2.50. The highest BCUT2D eigenvalue weighted by Gasteiger charge is 2.57. The fraction of sp³-hybridized carbons (Fsp3) is 0.400. The molecule has 0 aliphatic heterocycles. The van der Waals surface area contributed by atoms with Crippen LogP contribution in [-0.2, 0) is 0 Å². The average Bonchev–Trinajstić information content (AvgIpc) is 3.01. The number of fused-ring (bicyclic) bond motifs is 1. The standard InChI is InChI=1S/C15H15F3NO3PS/c1-6-9-2-7(14(19)20)3-10(22-5-8-4-15(8,17)18)12(9)24-11(6)13(16)23-21/h2-3,8,13,21,23H,4-5H2,1H3,(H2,19,20). The van der Waals surface area contributed by atoms with E-state index in [4.69, 9.17) is 15.4 Å². The molecule has 130 valence electrons. The summed E-state index contributed by atoms with van der Waals surface area (Å²) in [6, 6.07) is 2.91. The van der Waals surface area contributed by atoms with Crippen LogP contribution in [-0.4, -0.2) is 23.3 Å². The van der Waals surface area contributed by atoms with E-state index in [0.717, 1.165) is 11.3 Å². The van der Waals surface area contributed by atoms with Gasteiger partial charge in [-0.05, 0) is 24.6 Å². The molecule has 0 radical (unpaired) electrons. The van der Waals surface area contributed by atoms with Gasteiger partial charge in [-0.1, -0.05) is 0 Å². The van der Waals surface area contributed by atoms with Crippen LogP contribution in [0.3, 0.4) is 0 Å². The highest BCUT2D eigenvalue weighted by molar-refractivity contribution is 7.33. The lowest BCUT2D eigenvalue weighted by Crippen LogP contribution is -2.11. The van der Waals surface area contributed by atoms with Crippen molar-refractivity contribution in [1.82, 2.24) is 0 Å². The molecule has 24 heavy (non-hydrogen) atoms. The average molecular weight is 377 g/mol. The Balaban J connectivity index is 2.03. The Labute approximate surface area is 141 Å². The van der Waals surface area contributed by atoms with E-state index in [9.17, 15) is 18.0 Å². The second-order valence-corrected chi connectivity index (χ2v) is 7.59. The van der Waals surface area contributed by atoms with Crippen molar-refractivity contribution in [3.63, 3.8) is 0 Å². The van der Waals surface area contributed by atoms with E-state index in [-0.39, 0.29) is 24.3 Å². The molecule has 9 heteroatoms. The minimum absolute atomic E-state index is 0.161. The Bertz CT molecular complexity index is 811. The first kappa shape index (κ1) is 17.5. The molecule has 1 fully saturated rings. The van der Waals surface area contributed by atoms with Crippen molar-refractivity contribution >= 4 is 36.1 Å². The molecule has 1 aliphatic carbocycles. The summed E-state index contributed by atoms with van der Waals surface area (Å²) in [7, 11) is -0.909. The molecular weight excluding hydrogens is 362 g/mol. The van der Waals surface area contributed by atoms with Crippen molar-refractivity contribution < 1.29 is 27.6 Å². The van der Waals surface area contributed by atoms with E-state index in [1.54, 1.807) is 6.92 Å². The monoisotopic (exact) mass is 377 g/mol. The number of rotatable bonds is 6. The molecule has 2 aromatic rings. The molecule has 3 atom stereocenters. The minimum atomic E-state index is -2.71. The van der Waals surface area contributed by atoms with Crippen LogP contribution in [0.15, 0.2) is 12.1 Å². The van der Waals surface area contributed by atoms with Crippen LogP contribution in [0, 0.1) is 12.8 Å². The number of alkyl halides is 3. The number of hydrogen-bond donors (Lipinski definition) is 2. The van der Waals surface area contributed by atoms with E-state index >= 15 is 0 Å². The summed E-state index contributed by atoms with van der Waals surface area (Å²) in [5.74, 6) is -5.54. The maximum Gasteiger partial charge on any atom is 0.255 e. The van der Waals surface area contributed by atoms with Crippen LogP contribution >= 0.6 is 20.1 Å². The largest absolute Gasteiger partial charge is 0.492 e. The van der Waals surface area contributed by atoms with Crippen molar-refractivity contribution in [2.75, 3.05) is 6.61 Å². The van der Waals surface area contributed by atoms with Crippen molar-refractivity contribution in [1.29, 1.82) is 0 Å². The van der Waals surface area contributed by atoms with Gasteiger partial charge in [-0.3, -0.25) is 4.79 Å². The third kappa shape index (κ3) is 3.10. The number of primary amides is 1. The number of carbonyl (C=O) groups is 1. The first-order valence-electron chi connectivity index (χ1n) is 7.15. The van der Waals surface area contributed by atoms with Crippen LogP contribution in [0.1, 0.15) is 33.1 Å². The predicted molar refractivity (Wildman–Crippen MR) is 88.0 cm³/mol. The van der Waals surface area contributed by atoms with Crippen LogP contribution in [0.25, 0.3) is 10.1 Å². The molecule has 1 aromatic heterocycles. The molecule has 0 bridgehead atoms. The maximum absolute atomic E-state index is 13.9. The highest BCUT2D eigenvalue weighted by atomic mass is 32.1. The van der Waals surface area contributed by atoms with Gasteiger partial charge in [0.15, 0.2) is 5.91 Å². The van der Waals surface area contributed by atoms with Crippen molar-refractivity contribution in [2.24, 2.45) is 11.7 Å². The predicted octanol–water partition coefficient (Wildman–Crippen LogP) is 3.90. The van der Waals surface area contributed by atoms with Crippen LogP contribution in [0.2, 0.25) is 0 Å². The second kappa shape index (κ2) is 6.17. The number of benzene rings is 1. The van der Waals surface area contributed by atoms with Gasteiger partial charge < -0.3 is 15.4 Å². The molecule has 0 saturated heterocycles. The van der Waals surface area contributed by atoms with Gasteiger partial charge in [0, 0.05) is 22.2 Å². The SMILES string of the molecule is Cc1c(C(F)PO)sc2c(OCC3CC3(F)F)cc(C(N)=O)cc12. The Morgan fingerprint density at radius 2 is 2.25 bits per heavy atom. The molecule has 4 nitrogen and oxygen atoms in total. The molecular formula is C15H15F3NO3PS. The molecule has 3 N–H and O–H groups in total. The summed E-state index contributed by atoms with van der Waals surface area (Å²) < 4.78 is 46.0. The summed E-state index contributed by atoms with van der Waals surface area (Å²) in [6.07, 6.45) is -0.224. The van der Waals surface area contributed by atoms with Gasteiger partial charge in [0.2, 0.25) is 5.91 Å². The van der Waals surface area contributed by atoms with Crippen LogP contribution in [0.4, 0.5) is 13.2 Å². The second-order valence-electron chi connectivity index (χ2n) is 5.77.